The molecule has 0 atom stereocenters. The summed E-state index contributed by atoms with van der Waals surface area (Å²) in [6, 6.07) is 0. The molecule has 0 radical (unpaired) electrons. The van der Waals surface area contributed by atoms with Gasteiger partial charge >= 0.3 is 0 Å². The molecule has 0 aromatic carbocycles. The number of thiazole rings is 1. The van der Waals surface area contributed by atoms with Crippen molar-refractivity contribution >= 4 is 29.0 Å². The number of nitrogens with zero attached hydrogens (tertiary/aromatic N) is 4. The number of nitrogens with one attached hydrogen (secondary N) is 2. The zero-order valence-corrected chi connectivity index (χ0v) is 14.9. The van der Waals surface area contributed by atoms with E-state index in [1.807, 2.05) is 18.5 Å². The molecule has 0 saturated carbocycles. The van der Waals surface area contributed by atoms with Crippen LogP contribution >= 0.6 is 23.1 Å². The van der Waals surface area contributed by atoms with Gasteiger partial charge in [-0.25, -0.2) is 15.0 Å². The van der Waals surface area contributed by atoms with Crippen molar-refractivity contribution in [1.82, 2.24) is 29.8 Å². The Morgan fingerprint density at radius 2 is 2.32 bits per heavy atom. The fraction of sp³-hybridized carbons (Fsp3) is 0.267. The fourth-order valence-corrected chi connectivity index (χ4v) is 4.03. The maximum atomic E-state index is 12.2. The summed E-state index contributed by atoms with van der Waals surface area (Å²) in [5, 5.41) is 6.36. The standard InChI is InChI=1S/C15H14N6O2S2/c1-8-18-11(7-25-8)12-16-5-10(14(23)20-12)13(22)17-4-9-6-21-2-3-24-15(21)19-9/h5-7H,2-4H2,1H3,(H,17,22)(H,16,20,23). The van der Waals surface area contributed by atoms with Gasteiger partial charge in [-0.1, -0.05) is 11.8 Å². The number of carbonyl (C=O) groups is 1. The van der Waals surface area contributed by atoms with E-state index in [0.29, 0.717) is 11.5 Å². The van der Waals surface area contributed by atoms with E-state index in [1.54, 1.807) is 11.8 Å². The molecule has 0 fully saturated rings. The summed E-state index contributed by atoms with van der Waals surface area (Å²) in [7, 11) is 0. The number of carbonyl (C=O) groups excluding carboxylic acids is 1. The van der Waals surface area contributed by atoms with Crippen LogP contribution in [0.2, 0.25) is 0 Å². The minimum Gasteiger partial charge on any atom is -0.346 e. The van der Waals surface area contributed by atoms with Crippen LogP contribution in [0.5, 0.6) is 0 Å². The molecular formula is C15H14N6O2S2. The zero-order chi connectivity index (χ0) is 17.4. The summed E-state index contributed by atoms with van der Waals surface area (Å²) in [5.41, 5.74) is 0.846. The van der Waals surface area contributed by atoms with E-state index in [4.69, 9.17) is 0 Å². The average Bonchev–Trinajstić information content (AvgIpc) is 3.28. The lowest BCUT2D eigenvalue weighted by Gasteiger charge is -2.03. The van der Waals surface area contributed by atoms with Crippen molar-refractivity contribution in [3.63, 3.8) is 0 Å². The predicted molar refractivity (Wildman–Crippen MR) is 94.8 cm³/mol. The molecule has 1 aliphatic heterocycles. The van der Waals surface area contributed by atoms with Crippen LogP contribution in [-0.4, -0.2) is 36.2 Å². The molecule has 0 saturated heterocycles. The number of hydrogen-bond acceptors (Lipinski definition) is 7. The summed E-state index contributed by atoms with van der Waals surface area (Å²) in [4.78, 5) is 39.9. The second-order valence-electron chi connectivity index (χ2n) is 5.47. The van der Waals surface area contributed by atoms with Gasteiger partial charge in [-0.15, -0.1) is 11.3 Å². The molecule has 0 aliphatic carbocycles. The highest BCUT2D eigenvalue weighted by atomic mass is 32.2. The molecule has 0 unspecified atom stereocenters. The van der Waals surface area contributed by atoms with Gasteiger partial charge in [0.25, 0.3) is 11.5 Å². The summed E-state index contributed by atoms with van der Waals surface area (Å²) in [6.45, 7) is 3.08. The van der Waals surface area contributed by atoms with Crippen LogP contribution in [0.1, 0.15) is 21.1 Å². The number of H-pyrrole nitrogens is 1. The van der Waals surface area contributed by atoms with Gasteiger partial charge in [0, 0.05) is 30.1 Å². The highest BCUT2D eigenvalue weighted by Crippen LogP contribution is 2.24. The molecule has 8 nitrogen and oxygen atoms in total. The van der Waals surface area contributed by atoms with Crippen LogP contribution in [0, 0.1) is 6.92 Å². The number of hydrogen-bond donors (Lipinski definition) is 2. The first-order valence-electron chi connectivity index (χ1n) is 7.59. The lowest BCUT2D eigenvalue weighted by atomic mass is 10.3. The van der Waals surface area contributed by atoms with E-state index in [-0.39, 0.29) is 12.1 Å². The topological polar surface area (TPSA) is 106 Å². The van der Waals surface area contributed by atoms with Gasteiger partial charge in [0.2, 0.25) is 0 Å². The van der Waals surface area contributed by atoms with Gasteiger partial charge in [-0.05, 0) is 6.92 Å². The lowest BCUT2D eigenvalue weighted by molar-refractivity contribution is 0.0948. The highest BCUT2D eigenvalue weighted by molar-refractivity contribution is 7.99. The molecule has 4 heterocycles. The van der Waals surface area contributed by atoms with Crippen LogP contribution in [-0.2, 0) is 13.1 Å². The quantitative estimate of drug-likeness (QED) is 0.716. The number of rotatable bonds is 4. The Labute approximate surface area is 150 Å². The molecule has 10 heteroatoms. The minimum atomic E-state index is -0.490. The Balaban J connectivity index is 1.47. The molecule has 1 amide bonds. The predicted octanol–water partition coefficient (Wildman–Crippen LogP) is 1.43. The van der Waals surface area contributed by atoms with Crippen molar-refractivity contribution in [3.05, 3.63) is 44.4 Å². The molecule has 4 rings (SSSR count). The normalized spacial score (nSPS) is 13.0. The minimum absolute atomic E-state index is 0.0307. The molecule has 3 aromatic rings. The number of imidazole rings is 1. The number of aromatic amines is 1. The summed E-state index contributed by atoms with van der Waals surface area (Å²) in [6.07, 6.45) is 3.20. The maximum absolute atomic E-state index is 12.2. The second-order valence-corrected chi connectivity index (χ2v) is 7.59. The molecule has 2 N–H and O–H groups in total. The number of aryl methyl sites for hydroxylation is 2. The van der Waals surface area contributed by atoms with Crippen molar-refractivity contribution in [2.24, 2.45) is 0 Å². The van der Waals surface area contributed by atoms with Gasteiger partial charge in [-0.3, -0.25) is 9.59 Å². The Bertz CT molecular complexity index is 984. The highest BCUT2D eigenvalue weighted by Gasteiger charge is 2.17. The Hall–Kier alpha value is -2.46. The van der Waals surface area contributed by atoms with E-state index in [0.717, 1.165) is 28.2 Å². The zero-order valence-electron chi connectivity index (χ0n) is 13.3. The lowest BCUT2D eigenvalue weighted by Crippen LogP contribution is -2.30. The fourth-order valence-electron chi connectivity index (χ4n) is 2.47. The van der Waals surface area contributed by atoms with Crippen LogP contribution in [0.3, 0.4) is 0 Å². The molecule has 0 spiro atoms. The van der Waals surface area contributed by atoms with Gasteiger partial charge in [0.15, 0.2) is 11.0 Å². The van der Waals surface area contributed by atoms with Crippen molar-refractivity contribution in [1.29, 1.82) is 0 Å². The number of aromatic nitrogens is 5. The number of amides is 1. The Morgan fingerprint density at radius 3 is 3.04 bits per heavy atom. The Kier molecular flexibility index (Phi) is 4.14. The molecule has 25 heavy (non-hydrogen) atoms. The van der Waals surface area contributed by atoms with Crippen molar-refractivity contribution in [2.45, 2.75) is 25.2 Å². The van der Waals surface area contributed by atoms with Gasteiger partial charge < -0.3 is 14.9 Å². The van der Waals surface area contributed by atoms with Gasteiger partial charge in [-0.2, -0.15) is 0 Å². The van der Waals surface area contributed by atoms with Crippen LogP contribution in [0.25, 0.3) is 11.5 Å². The van der Waals surface area contributed by atoms with Gasteiger partial charge in [0.05, 0.1) is 17.2 Å². The van der Waals surface area contributed by atoms with Crippen LogP contribution in [0.4, 0.5) is 0 Å². The molecule has 128 valence electrons. The largest absolute Gasteiger partial charge is 0.346 e. The van der Waals surface area contributed by atoms with Crippen molar-refractivity contribution in [3.8, 4) is 11.5 Å². The molecule has 3 aromatic heterocycles. The van der Waals surface area contributed by atoms with Crippen LogP contribution < -0.4 is 10.9 Å². The average molecular weight is 374 g/mol. The molecular weight excluding hydrogens is 360 g/mol. The number of fused-ring (bicyclic) bond motifs is 1. The monoisotopic (exact) mass is 374 g/mol. The number of thioether (sulfide) groups is 1. The van der Waals surface area contributed by atoms with Crippen molar-refractivity contribution < 1.29 is 4.79 Å². The third-order valence-electron chi connectivity index (χ3n) is 3.69. The first-order valence-corrected chi connectivity index (χ1v) is 9.45. The smallest absolute Gasteiger partial charge is 0.264 e. The van der Waals surface area contributed by atoms with E-state index in [2.05, 4.69) is 29.8 Å². The first kappa shape index (κ1) is 16.0. The van der Waals surface area contributed by atoms with Gasteiger partial charge in [0.1, 0.15) is 11.3 Å². The SMILES string of the molecule is Cc1nc(-c2ncc(C(=O)NCc3cn4c(n3)SCC4)c(=O)[nH]2)cs1. The molecule has 0 bridgehead atoms. The van der Waals surface area contributed by atoms with Crippen molar-refractivity contribution in [2.75, 3.05) is 5.75 Å². The summed E-state index contributed by atoms with van der Waals surface area (Å²) >= 11 is 3.16. The first-order chi connectivity index (χ1) is 12.1. The third kappa shape index (κ3) is 3.22. The summed E-state index contributed by atoms with van der Waals surface area (Å²) < 4.78 is 2.06. The van der Waals surface area contributed by atoms with E-state index in [9.17, 15) is 9.59 Å². The summed E-state index contributed by atoms with van der Waals surface area (Å²) in [5.74, 6) is 0.907. The second kappa shape index (κ2) is 6.45. The Morgan fingerprint density at radius 1 is 1.44 bits per heavy atom. The van der Waals surface area contributed by atoms with Crippen LogP contribution in [0.15, 0.2) is 27.7 Å². The maximum Gasteiger partial charge on any atom is 0.264 e. The molecule has 1 aliphatic rings. The third-order valence-corrected chi connectivity index (χ3v) is 5.43. The van der Waals surface area contributed by atoms with E-state index < -0.39 is 11.5 Å². The van der Waals surface area contributed by atoms with E-state index in [1.165, 1.54) is 17.5 Å². The van der Waals surface area contributed by atoms with E-state index >= 15 is 0 Å².